The van der Waals surface area contributed by atoms with Crippen molar-refractivity contribution in [2.75, 3.05) is 135 Å². The van der Waals surface area contributed by atoms with Gasteiger partial charge in [0.15, 0.2) is 17.3 Å². The number of ether oxygens (including phenoxy) is 2. The van der Waals surface area contributed by atoms with E-state index in [0.717, 1.165) is 141 Å². The third kappa shape index (κ3) is 27.1. The zero-order valence-electron chi connectivity index (χ0n) is 74.6. The van der Waals surface area contributed by atoms with Gasteiger partial charge in [0.05, 0.1) is 0 Å². The number of Topliss-reactive ketones (excluding diaryl/α,β-unsaturated/α-hetero) is 3. The van der Waals surface area contributed by atoms with E-state index in [1.165, 1.54) is 44.2 Å². The van der Waals surface area contributed by atoms with Gasteiger partial charge in [0.25, 0.3) is 0 Å². The SMILES string of the molecule is CC(C)(C)OC(=O)N1CCN(C(=O)Cl)CC1.CC1(Cc2ccc(C(=O)Cc3cc(-c4cccs4)ccc3N)cc2)CCN(C(=O)N2CCN(C(=O)OC(C)(C)C)CC2)CC1.CC1(Cc2ccc(C(=O)Cc3cc(-c4cccs4)ccc3N)cc2)CCN(C(=O)N2CCNCC2)CC1.CC1(Cc2ccc(C(=O)Cc3cc(-c4cccs4)ccc3N)cc2)CCNCC1. The van der Waals surface area contributed by atoms with E-state index in [-0.39, 0.29) is 58.8 Å². The van der Waals surface area contributed by atoms with Gasteiger partial charge in [-0.25, -0.2) is 19.2 Å². The quantitative estimate of drug-likeness (QED) is 0.0231. The number of hydrogen-bond acceptors (Lipinski definition) is 18. The number of rotatable bonds is 18. The van der Waals surface area contributed by atoms with E-state index in [2.05, 4.69) is 96.8 Å². The standard InChI is InChI=1S/C35H44N4O4S.C30H36N4O2S.C25H28N2OS.C10H17ClN2O3/c1-34(2,3)43-33(42)39-19-17-38(18-20-39)32(41)37-15-13-35(4,14-16-37)24-25-7-9-26(10-8-25)30(40)23-28-22-27(11-12-29(28)36)31-6-5-21-44-31;1-30(10-14-33(15-11-30)29(36)34-16-12-32-13-17-34)21-22-4-6-23(7-5-22)27(35)20-25-19-24(8-9-26(25)31)28-3-2-18-37-28;1-25(10-12-27-13-11-25)17-18-4-6-19(7-5-18)23(28)16-21-15-20(8-9-22(21)26)24-3-2-14-29-24;1-10(2,3)16-9(15)13-6-4-12(5-7-13)8(11)14/h5-12,21-22H,13-20,23-24,36H2,1-4H3;2-9,18-19,32H,10-17,20-21,31H2,1H3;2-9,14-15,27H,10-13,16-17,26H2,1H3;4-7H2,1-3H3. The Labute approximate surface area is 760 Å². The van der Waals surface area contributed by atoms with Crippen LogP contribution in [-0.4, -0.2) is 210 Å². The maximum atomic E-state index is 13.2. The zero-order chi connectivity index (χ0) is 89.9. The molecule has 0 saturated carbocycles. The van der Waals surface area contributed by atoms with Crippen molar-refractivity contribution in [3.05, 3.63) is 230 Å². The number of anilines is 3. The summed E-state index contributed by atoms with van der Waals surface area (Å²) < 4.78 is 10.7. The first-order chi connectivity index (χ1) is 60.1. The first-order valence-corrected chi connectivity index (χ1v) is 47.2. The van der Waals surface area contributed by atoms with Crippen LogP contribution in [0, 0.1) is 16.2 Å². The normalized spacial score (nSPS) is 16.9. The van der Waals surface area contributed by atoms with E-state index in [1.807, 2.05) is 176 Å². The van der Waals surface area contributed by atoms with E-state index in [9.17, 15) is 38.4 Å². The summed E-state index contributed by atoms with van der Waals surface area (Å²) in [5, 5.41) is 12.4. The molecule has 6 aliphatic heterocycles. The molecule has 15 rings (SSSR count). The van der Waals surface area contributed by atoms with Gasteiger partial charge >= 0.3 is 29.6 Å². The fourth-order valence-corrected chi connectivity index (χ4v) is 19.2. The number of nitrogens with one attached hydrogen (secondary N) is 2. The van der Waals surface area contributed by atoms with E-state index < -0.39 is 16.6 Å². The van der Waals surface area contributed by atoms with Crippen molar-refractivity contribution in [2.24, 2.45) is 16.2 Å². The molecule has 3 aromatic heterocycles. The molecule has 6 aliphatic rings. The van der Waals surface area contributed by atoms with E-state index in [1.54, 1.807) is 43.8 Å². The van der Waals surface area contributed by atoms with Crippen LogP contribution in [-0.2, 0) is 48.0 Å². The first kappa shape index (κ1) is 94.7. The van der Waals surface area contributed by atoms with Crippen LogP contribution in [0.2, 0.25) is 0 Å². The minimum atomic E-state index is -0.531. The highest BCUT2D eigenvalue weighted by Crippen LogP contribution is 2.39. The molecule has 0 radical (unpaired) electrons. The van der Waals surface area contributed by atoms with Crippen molar-refractivity contribution >= 4 is 110 Å². The number of urea groups is 2. The number of piperidine rings is 3. The highest BCUT2D eigenvalue weighted by Gasteiger charge is 2.38. The fourth-order valence-electron chi connectivity index (χ4n) is 16.9. The molecule has 6 fully saturated rings. The fraction of sp³-hybridized carbons (Fsp3) is 0.440. The van der Waals surface area contributed by atoms with Crippen LogP contribution in [0.1, 0.15) is 165 Å². The van der Waals surface area contributed by atoms with Gasteiger partial charge < -0.3 is 71.6 Å². The van der Waals surface area contributed by atoms with E-state index in [0.29, 0.717) is 112 Å². The van der Waals surface area contributed by atoms with Crippen molar-refractivity contribution < 1.29 is 47.8 Å². The summed E-state index contributed by atoms with van der Waals surface area (Å²) in [6, 6.07) is 54.6. The molecule has 670 valence electrons. The summed E-state index contributed by atoms with van der Waals surface area (Å²) in [5.41, 5.74) is 31.9. The van der Waals surface area contributed by atoms with Crippen molar-refractivity contribution in [1.29, 1.82) is 0 Å². The van der Waals surface area contributed by atoms with Gasteiger partial charge in [0.1, 0.15) is 11.2 Å². The molecule has 6 saturated heterocycles. The Morgan fingerprint density at radius 2 is 0.635 bits per heavy atom. The molecule has 22 nitrogen and oxygen atoms in total. The lowest BCUT2D eigenvalue weighted by Crippen LogP contribution is -2.56. The Morgan fingerprint density at radius 1 is 0.357 bits per heavy atom. The van der Waals surface area contributed by atoms with Gasteiger partial charge in [-0.15, -0.1) is 34.0 Å². The third-order valence-corrected chi connectivity index (χ3v) is 27.7. The second-order valence-corrected chi connectivity index (χ2v) is 40.4. The summed E-state index contributed by atoms with van der Waals surface area (Å²) in [5.74, 6) is 0.240. The van der Waals surface area contributed by atoms with Gasteiger partial charge in [-0.2, -0.15) is 0 Å². The van der Waals surface area contributed by atoms with Crippen LogP contribution >= 0.6 is 45.6 Å². The summed E-state index contributed by atoms with van der Waals surface area (Å²) in [6.07, 6.45) is 9.36. The van der Waals surface area contributed by atoms with Crippen LogP contribution in [0.15, 0.2) is 180 Å². The Balaban J connectivity index is 0.000000160. The number of piperazine rings is 3. The summed E-state index contributed by atoms with van der Waals surface area (Å²) in [7, 11) is 0. The largest absolute Gasteiger partial charge is 0.444 e. The third-order valence-electron chi connectivity index (χ3n) is 24.7. The monoisotopic (exact) mass is 1780 g/mol. The average molecular weight is 1790 g/mol. The summed E-state index contributed by atoms with van der Waals surface area (Å²) in [6.45, 7) is 30.5. The van der Waals surface area contributed by atoms with E-state index >= 15 is 0 Å². The molecule has 9 aromatic rings. The maximum Gasteiger partial charge on any atom is 0.410 e. The van der Waals surface area contributed by atoms with Crippen LogP contribution in [0.4, 0.5) is 41.0 Å². The molecule has 8 N–H and O–H groups in total. The van der Waals surface area contributed by atoms with Crippen molar-refractivity contribution in [1.82, 2.24) is 44.9 Å². The predicted molar refractivity (Wildman–Crippen MR) is 510 cm³/mol. The molecular formula is C100H125ClN12O10S3. The number of hydrogen-bond donors (Lipinski definition) is 5. The minimum absolute atomic E-state index is 0.0524. The first-order valence-electron chi connectivity index (χ1n) is 44.1. The van der Waals surface area contributed by atoms with E-state index in [4.69, 9.17) is 38.3 Å². The molecule has 7 amide bonds. The molecule has 0 aliphatic carbocycles. The number of carbonyl (C=O) groups is 8. The van der Waals surface area contributed by atoms with Crippen LogP contribution in [0.3, 0.4) is 0 Å². The Morgan fingerprint density at radius 3 is 0.929 bits per heavy atom. The van der Waals surface area contributed by atoms with Crippen LogP contribution in [0.5, 0.6) is 0 Å². The number of carbonyl (C=O) groups excluding carboxylic acids is 8. The highest BCUT2D eigenvalue weighted by molar-refractivity contribution is 7.14. The smallest absolute Gasteiger partial charge is 0.410 e. The Bertz CT molecular complexity index is 5140. The molecule has 126 heavy (non-hydrogen) atoms. The number of nitrogens with zero attached hydrogens (tertiary/aromatic N) is 7. The summed E-state index contributed by atoms with van der Waals surface area (Å²) in [4.78, 5) is 116. The number of benzene rings is 6. The van der Waals surface area contributed by atoms with Crippen molar-refractivity contribution in [2.45, 2.75) is 151 Å². The van der Waals surface area contributed by atoms with Gasteiger partial charge in [-0.1, -0.05) is 130 Å². The Kier molecular flexibility index (Phi) is 32.3. The molecule has 0 spiro atoms. The maximum absolute atomic E-state index is 13.2. The van der Waals surface area contributed by atoms with Crippen molar-refractivity contribution in [3.63, 3.8) is 0 Å². The number of nitrogens with two attached hydrogens (primary N) is 3. The zero-order valence-corrected chi connectivity index (χ0v) is 77.8. The highest BCUT2D eigenvalue weighted by atomic mass is 35.5. The molecule has 0 unspecified atom stereocenters. The molecule has 26 heteroatoms. The second-order valence-electron chi connectivity index (χ2n) is 37.2. The number of amides is 7. The van der Waals surface area contributed by atoms with Gasteiger partial charge in [-0.3, -0.25) is 19.2 Å². The molecule has 6 aromatic carbocycles. The lowest BCUT2D eigenvalue weighted by molar-refractivity contribution is 0.0146. The second kappa shape index (κ2) is 42.9. The molecule has 0 bridgehead atoms. The van der Waals surface area contributed by atoms with Crippen LogP contribution < -0.4 is 27.8 Å². The average Bonchev–Trinajstić information content (AvgIpc) is 0.986. The lowest BCUT2D eigenvalue weighted by atomic mass is 9.75. The van der Waals surface area contributed by atoms with Crippen LogP contribution in [0.25, 0.3) is 31.3 Å². The lowest BCUT2D eigenvalue weighted by Gasteiger charge is -2.43. The van der Waals surface area contributed by atoms with Crippen molar-refractivity contribution in [3.8, 4) is 31.3 Å². The van der Waals surface area contributed by atoms with Gasteiger partial charge in [0.2, 0.25) is 0 Å². The Hall–Kier alpha value is -10.4. The number of ketones is 3. The number of likely N-dealkylation sites (tertiary alicyclic amines) is 2. The molecule has 0 atom stereocenters. The topological polar surface area (TPSA) is 280 Å². The number of thiophene rings is 3. The molecule has 9 heterocycles. The summed E-state index contributed by atoms with van der Waals surface area (Å²) >= 11 is 10.4. The van der Waals surface area contributed by atoms with Gasteiger partial charge in [0, 0.05) is 172 Å². The number of halogens is 1. The minimum Gasteiger partial charge on any atom is -0.444 e. The van der Waals surface area contributed by atoms with Gasteiger partial charge in [-0.05, 0) is 261 Å². The predicted octanol–water partition coefficient (Wildman–Crippen LogP) is 19.1. The molecular weight excluding hydrogens is 1660 g/mol. The number of nitrogen functional groups attached to an aromatic ring is 3.